The number of aryl methyl sites for hydroxylation is 4. The van der Waals surface area contributed by atoms with Crippen molar-refractivity contribution in [3.8, 4) is 22.6 Å². The molecule has 1 heterocycles. The molecule has 6 nitrogen and oxygen atoms in total. The average Bonchev–Trinajstić information content (AvgIpc) is 2.84. The van der Waals surface area contributed by atoms with Crippen LogP contribution in [0.1, 0.15) is 32.7 Å². The van der Waals surface area contributed by atoms with Crippen LogP contribution in [0.15, 0.2) is 71.5 Å². The second-order valence-electron chi connectivity index (χ2n) is 8.37. The van der Waals surface area contributed by atoms with Crippen LogP contribution in [0.3, 0.4) is 0 Å². The Bertz CT molecular complexity index is 1420. The quantitative estimate of drug-likeness (QED) is 0.439. The van der Waals surface area contributed by atoms with Gasteiger partial charge < -0.3 is 10.1 Å². The maximum Gasteiger partial charge on any atom is 0.256 e. The SMILES string of the molecule is COc1ccc(C(=O)Nc2c(-c3ccc(C)cc3)c(=O)c(C)nn2-c2ccc(C)c(C)c2)cc1. The molecule has 0 fully saturated rings. The van der Waals surface area contributed by atoms with Gasteiger partial charge >= 0.3 is 0 Å². The molecular formula is C28H27N3O3. The molecule has 4 aromatic rings. The monoisotopic (exact) mass is 453 g/mol. The molecule has 0 saturated heterocycles. The zero-order valence-corrected chi connectivity index (χ0v) is 20.0. The van der Waals surface area contributed by atoms with Gasteiger partial charge in [0.05, 0.1) is 18.4 Å². The normalized spacial score (nSPS) is 10.7. The molecule has 0 aliphatic heterocycles. The minimum absolute atomic E-state index is 0.228. The molecule has 0 aliphatic rings. The Kier molecular flexibility index (Phi) is 6.32. The summed E-state index contributed by atoms with van der Waals surface area (Å²) in [6.07, 6.45) is 0. The number of nitrogens with one attached hydrogen (secondary N) is 1. The van der Waals surface area contributed by atoms with E-state index >= 15 is 0 Å². The van der Waals surface area contributed by atoms with Crippen molar-refractivity contribution in [1.29, 1.82) is 0 Å². The van der Waals surface area contributed by atoms with Crippen LogP contribution >= 0.6 is 0 Å². The van der Waals surface area contributed by atoms with Crippen molar-refractivity contribution in [2.24, 2.45) is 0 Å². The predicted octanol–water partition coefficient (Wildman–Crippen LogP) is 5.39. The lowest BCUT2D eigenvalue weighted by Gasteiger charge is -2.19. The Labute approximate surface area is 198 Å². The number of hydrogen-bond acceptors (Lipinski definition) is 4. The van der Waals surface area contributed by atoms with Crippen LogP contribution < -0.4 is 15.5 Å². The Morgan fingerprint density at radius 1 is 0.882 bits per heavy atom. The number of amides is 1. The molecule has 0 unspecified atom stereocenters. The molecule has 4 rings (SSSR count). The van der Waals surface area contributed by atoms with Crippen molar-refractivity contribution in [3.05, 3.63) is 105 Å². The Hall–Kier alpha value is -4.19. The third-order valence-electron chi connectivity index (χ3n) is 5.91. The third kappa shape index (κ3) is 4.48. The van der Waals surface area contributed by atoms with Crippen LogP contribution in [-0.4, -0.2) is 22.8 Å². The lowest BCUT2D eigenvalue weighted by molar-refractivity contribution is 0.102. The standard InChI is InChI=1S/C28H27N3O3/c1-17-6-9-21(10-7-17)25-26(32)20(4)30-31(23-13-8-18(2)19(3)16-23)27(25)29-28(33)22-11-14-24(34-5)15-12-22/h6-16H,1-5H3,(H,29,33). The second-order valence-corrected chi connectivity index (χ2v) is 8.37. The number of nitrogens with zero attached hydrogens (tertiary/aromatic N) is 2. The van der Waals surface area contributed by atoms with E-state index in [4.69, 9.17) is 4.74 Å². The number of methoxy groups -OCH3 is 1. The highest BCUT2D eigenvalue weighted by Crippen LogP contribution is 2.28. The van der Waals surface area contributed by atoms with E-state index in [0.29, 0.717) is 34.0 Å². The first-order valence-corrected chi connectivity index (χ1v) is 11.0. The number of carbonyl (C=O) groups excluding carboxylic acids is 1. The Balaban J connectivity index is 1.93. The van der Waals surface area contributed by atoms with Crippen LogP contribution in [0, 0.1) is 27.7 Å². The summed E-state index contributed by atoms with van der Waals surface area (Å²) < 4.78 is 6.83. The summed E-state index contributed by atoms with van der Waals surface area (Å²) in [6, 6.07) is 20.4. The summed E-state index contributed by atoms with van der Waals surface area (Å²) in [6.45, 7) is 7.73. The molecule has 0 atom stereocenters. The summed E-state index contributed by atoms with van der Waals surface area (Å²) in [5.41, 5.74) is 5.72. The third-order valence-corrected chi connectivity index (χ3v) is 5.91. The van der Waals surface area contributed by atoms with Gasteiger partial charge in [-0.15, -0.1) is 0 Å². The molecule has 3 aromatic carbocycles. The number of anilines is 1. The summed E-state index contributed by atoms with van der Waals surface area (Å²) >= 11 is 0. The highest BCUT2D eigenvalue weighted by molar-refractivity contribution is 6.05. The molecular weight excluding hydrogens is 426 g/mol. The predicted molar refractivity (Wildman–Crippen MR) is 135 cm³/mol. The lowest BCUT2D eigenvalue weighted by Crippen LogP contribution is -2.25. The van der Waals surface area contributed by atoms with Crippen LogP contribution in [0.4, 0.5) is 5.82 Å². The molecule has 172 valence electrons. The minimum Gasteiger partial charge on any atom is -0.497 e. The number of aromatic nitrogens is 2. The van der Waals surface area contributed by atoms with Crippen molar-refractivity contribution < 1.29 is 9.53 Å². The van der Waals surface area contributed by atoms with Gasteiger partial charge in [-0.1, -0.05) is 35.9 Å². The number of carbonyl (C=O) groups is 1. The molecule has 0 bridgehead atoms. The van der Waals surface area contributed by atoms with Crippen molar-refractivity contribution in [3.63, 3.8) is 0 Å². The van der Waals surface area contributed by atoms with Crippen molar-refractivity contribution >= 4 is 11.7 Å². The van der Waals surface area contributed by atoms with Gasteiger partial charge in [0.25, 0.3) is 5.91 Å². The Morgan fingerprint density at radius 3 is 2.18 bits per heavy atom. The van der Waals surface area contributed by atoms with Crippen LogP contribution in [0.5, 0.6) is 5.75 Å². The smallest absolute Gasteiger partial charge is 0.256 e. The largest absolute Gasteiger partial charge is 0.497 e. The van der Waals surface area contributed by atoms with Crippen LogP contribution in [0.2, 0.25) is 0 Å². The van der Waals surface area contributed by atoms with Gasteiger partial charge in [-0.25, -0.2) is 4.68 Å². The van der Waals surface area contributed by atoms with E-state index in [0.717, 1.165) is 22.4 Å². The Morgan fingerprint density at radius 2 is 1.56 bits per heavy atom. The highest BCUT2D eigenvalue weighted by atomic mass is 16.5. The lowest BCUT2D eigenvalue weighted by atomic mass is 10.0. The van der Waals surface area contributed by atoms with Gasteiger partial charge in [0.1, 0.15) is 17.3 Å². The topological polar surface area (TPSA) is 73.2 Å². The van der Waals surface area contributed by atoms with E-state index in [2.05, 4.69) is 10.4 Å². The molecule has 34 heavy (non-hydrogen) atoms. The van der Waals surface area contributed by atoms with Crippen molar-refractivity contribution in [2.75, 3.05) is 12.4 Å². The van der Waals surface area contributed by atoms with E-state index in [1.807, 2.05) is 63.2 Å². The molecule has 0 spiro atoms. The first kappa shape index (κ1) is 23.0. The minimum atomic E-state index is -0.348. The zero-order chi connectivity index (χ0) is 24.4. The number of rotatable bonds is 5. The fourth-order valence-electron chi connectivity index (χ4n) is 3.71. The van der Waals surface area contributed by atoms with Gasteiger partial charge in [-0.2, -0.15) is 5.10 Å². The van der Waals surface area contributed by atoms with E-state index < -0.39 is 0 Å². The maximum atomic E-state index is 13.3. The molecule has 0 aliphatic carbocycles. The van der Waals surface area contributed by atoms with Crippen LogP contribution in [-0.2, 0) is 0 Å². The number of hydrogen-bond donors (Lipinski definition) is 1. The van der Waals surface area contributed by atoms with E-state index in [1.165, 1.54) is 0 Å². The molecule has 1 N–H and O–H groups in total. The first-order valence-electron chi connectivity index (χ1n) is 11.0. The zero-order valence-electron chi connectivity index (χ0n) is 20.0. The van der Waals surface area contributed by atoms with E-state index in [-0.39, 0.29) is 11.3 Å². The second kappa shape index (κ2) is 9.35. The number of benzene rings is 3. The molecule has 1 amide bonds. The molecule has 0 saturated carbocycles. The average molecular weight is 454 g/mol. The van der Waals surface area contributed by atoms with E-state index in [1.54, 1.807) is 43.0 Å². The van der Waals surface area contributed by atoms with Crippen molar-refractivity contribution in [1.82, 2.24) is 9.78 Å². The summed E-state index contributed by atoms with van der Waals surface area (Å²) in [4.78, 5) is 26.6. The molecule has 1 aromatic heterocycles. The summed E-state index contributed by atoms with van der Waals surface area (Å²) in [5.74, 6) is 0.628. The van der Waals surface area contributed by atoms with Gasteiger partial charge in [-0.05, 0) is 80.8 Å². The van der Waals surface area contributed by atoms with Gasteiger partial charge in [0, 0.05) is 5.56 Å². The first-order chi connectivity index (χ1) is 16.3. The van der Waals surface area contributed by atoms with Crippen molar-refractivity contribution in [2.45, 2.75) is 27.7 Å². The highest BCUT2D eigenvalue weighted by Gasteiger charge is 2.21. The fraction of sp³-hybridized carbons (Fsp3) is 0.179. The summed E-state index contributed by atoms with van der Waals surface area (Å²) in [7, 11) is 1.57. The van der Waals surface area contributed by atoms with Crippen LogP contribution in [0.25, 0.3) is 16.8 Å². The fourth-order valence-corrected chi connectivity index (χ4v) is 3.71. The van der Waals surface area contributed by atoms with Gasteiger partial charge in [0.2, 0.25) is 5.43 Å². The van der Waals surface area contributed by atoms with Gasteiger partial charge in [0.15, 0.2) is 0 Å². The molecule has 0 radical (unpaired) electrons. The van der Waals surface area contributed by atoms with E-state index in [9.17, 15) is 9.59 Å². The summed E-state index contributed by atoms with van der Waals surface area (Å²) in [5, 5.41) is 7.53. The maximum absolute atomic E-state index is 13.3. The number of ether oxygens (including phenoxy) is 1. The van der Waals surface area contributed by atoms with Gasteiger partial charge in [-0.3, -0.25) is 9.59 Å². The molecule has 6 heteroatoms.